The topological polar surface area (TPSA) is 72.9 Å². The van der Waals surface area contributed by atoms with E-state index in [1.54, 1.807) is 6.07 Å². The second kappa shape index (κ2) is 6.39. The van der Waals surface area contributed by atoms with Gasteiger partial charge in [0.1, 0.15) is 5.52 Å². The van der Waals surface area contributed by atoms with E-state index in [1.807, 2.05) is 23.7 Å². The molecule has 7 heteroatoms. The molecule has 4 aromatic rings. The number of para-hydroxylation sites is 1. The molecular weight excluding hydrogens is 311 g/mol. The Hall–Kier alpha value is -2.55. The first-order chi connectivity index (χ1) is 11.6. The van der Waals surface area contributed by atoms with Crippen molar-refractivity contribution in [1.82, 2.24) is 19.1 Å². The summed E-state index contributed by atoms with van der Waals surface area (Å²) in [5.41, 5.74) is 3.55. The standard InChI is InChI=1S/C18H16N4O2.Li.H/c1-3-22-14-7-5-4-6-11(14)9-15(22)17-20-13-8-12(18(23)24)10-19-16(13)21(17)2;;/h4-10H,3H2,1-2H3,(H,23,24);;. The number of hydrogen-bond acceptors (Lipinski definition) is 3. The third kappa shape index (κ3) is 2.64. The fourth-order valence-electron chi connectivity index (χ4n) is 3.16. The minimum absolute atomic E-state index is 0. The van der Waals surface area contributed by atoms with Crippen molar-refractivity contribution >= 4 is 46.9 Å². The molecule has 4 rings (SSSR count). The third-order valence-corrected chi connectivity index (χ3v) is 4.31. The van der Waals surface area contributed by atoms with E-state index in [0.717, 1.165) is 29.0 Å². The molecule has 0 aliphatic rings. The Kier molecular flexibility index (Phi) is 4.42. The van der Waals surface area contributed by atoms with Crippen molar-refractivity contribution in [2.24, 2.45) is 7.05 Å². The summed E-state index contributed by atoms with van der Waals surface area (Å²) in [6, 6.07) is 11.9. The van der Waals surface area contributed by atoms with Crippen LogP contribution in [0.15, 0.2) is 42.6 Å². The maximum absolute atomic E-state index is 11.1. The Balaban J connectivity index is 0.00000182. The molecule has 1 aromatic carbocycles. The van der Waals surface area contributed by atoms with E-state index in [2.05, 4.69) is 39.7 Å². The quantitative estimate of drug-likeness (QED) is 0.587. The van der Waals surface area contributed by atoms with Crippen LogP contribution in [0.1, 0.15) is 17.3 Å². The normalized spacial score (nSPS) is 11.0. The van der Waals surface area contributed by atoms with E-state index < -0.39 is 5.97 Å². The van der Waals surface area contributed by atoms with Crippen molar-refractivity contribution in [2.45, 2.75) is 13.5 Å². The first-order valence-corrected chi connectivity index (χ1v) is 7.74. The van der Waals surface area contributed by atoms with Gasteiger partial charge >= 0.3 is 24.8 Å². The van der Waals surface area contributed by atoms with Gasteiger partial charge in [-0.1, -0.05) is 18.2 Å². The zero-order valence-corrected chi connectivity index (χ0v) is 13.4. The Morgan fingerprint density at radius 1 is 1.24 bits per heavy atom. The van der Waals surface area contributed by atoms with E-state index in [9.17, 15) is 4.79 Å². The van der Waals surface area contributed by atoms with Gasteiger partial charge in [0, 0.05) is 30.7 Å². The van der Waals surface area contributed by atoms with Gasteiger partial charge in [0.15, 0.2) is 11.5 Å². The number of rotatable bonds is 3. The number of aromatic nitrogens is 4. The third-order valence-electron chi connectivity index (χ3n) is 4.31. The zero-order chi connectivity index (χ0) is 16.8. The molecule has 3 heterocycles. The Morgan fingerprint density at radius 3 is 2.72 bits per heavy atom. The molecule has 0 fully saturated rings. The summed E-state index contributed by atoms with van der Waals surface area (Å²) >= 11 is 0. The number of hydrogen-bond donors (Lipinski definition) is 1. The van der Waals surface area contributed by atoms with E-state index in [4.69, 9.17) is 5.11 Å². The Bertz CT molecular complexity index is 1100. The zero-order valence-electron chi connectivity index (χ0n) is 13.4. The number of carboxylic acid groups (broad SMARTS) is 1. The molecule has 0 saturated carbocycles. The van der Waals surface area contributed by atoms with Crippen LogP contribution in [-0.2, 0) is 13.6 Å². The molecule has 0 atom stereocenters. The number of imidazole rings is 1. The van der Waals surface area contributed by atoms with Crippen LogP contribution in [0.25, 0.3) is 33.6 Å². The molecule has 0 unspecified atom stereocenters. The molecule has 0 bridgehead atoms. The summed E-state index contributed by atoms with van der Waals surface area (Å²) in [6.45, 7) is 2.92. The number of carboxylic acids is 1. The van der Waals surface area contributed by atoms with Crippen LogP contribution in [0.4, 0.5) is 0 Å². The molecule has 0 aliphatic carbocycles. The van der Waals surface area contributed by atoms with Gasteiger partial charge in [0.05, 0.1) is 11.3 Å². The van der Waals surface area contributed by atoms with Gasteiger partial charge in [-0.2, -0.15) is 0 Å². The van der Waals surface area contributed by atoms with Crippen molar-refractivity contribution in [3.63, 3.8) is 0 Å². The molecule has 0 saturated heterocycles. The minimum atomic E-state index is -1.00. The number of benzene rings is 1. The predicted molar refractivity (Wildman–Crippen MR) is 99.2 cm³/mol. The summed E-state index contributed by atoms with van der Waals surface area (Å²) in [5, 5.41) is 10.3. The molecule has 0 radical (unpaired) electrons. The molecule has 0 spiro atoms. The second-order valence-corrected chi connectivity index (χ2v) is 5.70. The summed E-state index contributed by atoms with van der Waals surface area (Å²) in [7, 11) is 1.90. The number of pyridine rings is 1. The SMILES string of the molecule is CCn1c(-c2nc3cc(C(=O)O)cnc3n2C)cc2ccccc21.[LiH]. The number of aryl methyl sites for hydroxylation is 2. The number of nitrogens with zero attached hydrogens (tertiary/aromatic N) is 4. The molecule has 122 valence electrons. The van der Waals surface area contributed by atoms with Crippen molar-refractivity contribution in [3.05, 3.63) is 48.2 Å². The van der Waals surface area contributed by atoms with Gasteiger partial charge in [-0.3, -0.25) is 0 Å². The summed E-state index contributed by atoms with van der Waals surface area (Å²) in [6.07, 6.45) is 1.37. The fourth-order valence-corrected chi connectivity index (χ4v) is 3.16. The Morgan fingerprint density at radius 2 is 2.00 bits per heavy atom. The van der Waals surface area contributed by atoms with Crippen LogP contribution in [0.2, 0.25) is 0 Å². The van der Waals surface area contributed by atoms with E-state index in [0.29, 0.717) is 11.2 Å². The van der Waals surface area contributed by atoms with E-state index in [1.165, 1.54) is 6.20 Å². The average molecular weight is 328 g/mol. The molecule has 6 nitrogen and oxygen atoms in total. The van der Waals surface area contributed by atoms with Crippen LogP contribution in [0, 0.1) is 0 Å². The molecule has 3 aromatic heterocycles. The van der Waals surface area contributed by atoms with E-state index >= 15 is 0 Å². The van der Waals surface area contributed by atoms with Gasteiger partial charge in [-0.25, -0.2) is 14.8 Å². The molecule has 0 aliphatic heterocycles. The number of carbonyl (C=O) groups is 1. The van der Waals surface area contributed by atoms with Crippen LogP contribution in [0.5, 0.6) is 0 Å². The molecule has 25 heavy (non-hydrogen) atoms. The molecule has 1 N–H and O–H groups in total. The van der Waals surface area contributed by atoms with Crippen molar-refractivity contribution in [2.75, 3.05) is 0 Å². The predicted octanol–water partition coefficient (Wildman–Crippen LogP) is 2.66. The van der Waals surface area contributed by atoms with Gasteiger partial charge < -0.3 is 14.2 Å². The van der Waals surface area contributed by atoms with Crippen LogP contribution >= 0.6 is 0 Å². The van der Waals surface area contributed by atoms with Gasteiger partial charge in [0.25, 0.3) is 0 Å². The van der Waals surface area contributed by atoms with Crippen molar-refractivity contribution in [3.8, 4) is 11.5 Å². The molecular formula is C18H17LiN4O2. The van der Waals surface area contributed by atoms with Gasteiger partial charge in [0.2, 0.25) is 0 Å². The van der Waals surface area contributed by atoms with Gasteiger partial charge in [-0.15, -0.1) is 0 Å². The van der Waals surface area contributed by atoms with E-state index in [-0.39, 0.29) is 24.4 Å². The summed E-state index contributed by atoms with van der Waals surface area (Å²) in [5.74, 6) is -0.225. The fraction of sp³-hybridized carbons (Fsp3) is 0.167. The number of aromatic carboxylic acids is 1. The average Bonchev–Trinajstić information content (AvgIpc) is 3.12. The molecule has 0 amide bonds. The van der Waals surface area contributed by atoms with Crippen molar-refractivity contribution in [1.29, 1.82) is 0 Å². The Labute approximate surface area is 156 Å². The van der Waals surface area contributed by atoms with Crippen LogP contribution in [-0.4, -0.2) is 49.0 Å². The maximum atomic E-state index is 11.1. The summed E-state index contributed by atoms with van der Waals surface area (Å²) in [4.78, 5) is 20.1. The van der Waals surface area contributed by atoms with Crippen LogP contribution < -0.4 is 0 Å². The van der Waals surface area contributed by atoms with Crippen molar-refractivity contribution < 1.29 is 9.90 Å². The van der Waals surface area contributed by atoms with Crippen LogP contribution in [0.3, 0.4) is 0 Å². The van der Waals surface area contributed by atoms with Gasteiger partial charge in [-0.05, 0) is 25.1 Å². The number of fused-ring (bicyclic) bond motifs is 2. The monoisotopic (exact) mass is 328 g/mol. The second-order valence-electron chi connectivity index (χ2n) is 5.70. The summed E-state index contributed by atoms with van der Waals surface area (Å²) < 4.78 is 4.11. The first kappa shape index (κ1) is 17.3. The first-order valence-electron chi connectivity index (χ1n) is 7.74.